The summed E-state index contributed by atoms with van der Waals surface area (Å²) in [5, 5.41) is 20.1. The minimum atomic E-state index is -0.0951. The first-order valence-electron chi connectivity index (χ1n) is 4.87. The molecule has 2 N–H and O–H groups in total. The average Bonchev–Trinajstić information content (AvgIpc) is 2.28. The highest BCUT2D eigenvalue weighted by Crippen LogP contribution is 2.38. The second kappa shape index (κ2) is 4.06. The van der Waals surface area contributed by atoms with E-state index in [1.165, 1.54) is 0 Å². The summed E-state index contributed by atoms with van der Waals surface area (Å²) in [7, 11) is 0. The van der Waals surface area contributed by atoms with Gasteiger partial charge in [-0.05, 0) is 30.2 Å². The van der Waals surface area contributed by atoms with Crippen molar-refractivity contribution in [2.75, 3.05) is 0 Å². The zero-order valence-electron chi connectivity index (χ0n) is 8.74. The Hall–Kier alpha value is -1.67. The zero-order chi connectivity index (χ0) is 11.7. The van der Waals surface area contributed by atoms with Gasteiger partial charge in [0.15, 0.2) is 11.5 Å². The third-order valence-electron chi connectivity index (χ3n) is 2.51. The van der Waals surface area contributed by atoms with Crippen molar-refractivity contribution in [2.24, 2.45) is 0 Å². The highest BCUT2D eigenvalue weighted by molar-refractivity contribution is 6.30. The molecule has 0 saturated carbocycles. The molecule has 82 valence electrons. The first-order valence-corrected chi connectivity index (χ1v) is 5.25. The summed E-state index contributed by atoms with van der Waals surface area (Å²) in [6.45, 7) is 1.74. The van der Waals surface area contributed by atoms with Crippen LogP contribution in [0, 0.1) is 6.92 Å². The Labute approximate surface area is 98.7 Å². The molecule has 2 nitrogen and oxygen atoms in total. The molecule has 0 aromatic heterocycles. The normalized spacial score (nSPS) is 10.4. The summed E-state index contributed by atoms with van der Waals surface area (Å²) >= 11 is 5.78. The van der Waals surface area contributed by atoms with Crippen molar-refractivity contribution in [1.29, 1.82) is 0 Å². The summed E-state index contributed by atoms with van der Waals surface area (Å²) in [5.74, 6) is -0.172. The van der Waals surface area contributed by atoms with Gasteiger partial charge in [0.25, 0.3) is 0 Å². The molecule has 0 radical (unpaired) electrons. The zero-order valence-corrected chi connectivity index (χ0v) is 9.49. The van der Waals surface area contributed by atoms with Crippen LogP contribution < -0.4 is 0 Å². The quantitative estimate of drug-likeness (QED) is 0.739. The molecule has 16 heavy (non-hydrogen) atoms. The van der Waals surface area contributed by atoms with Crippen LogP contribution in [0.4, 0.5) is 0 Å². The standard InChI is InChI=1S/C13H11ClO2/c1-8-2-7-11(13(16)12(8)15)9-3-5-10(14)6-4-9/h2-7,15-16H,1H3. The number of halogens is 1. The van der Waals surface area contributed by atoms with Gasteiger partial charge in [-0.15, -0.1) is 0 Å². The van der Waals surface area contributed by atoms with E-state index in [0.717, 1.165) is 5.56 Å². The van der Waals surface area contributed by atoms with Gasteiger partial charge in [-0.2, -0.15) is 0 Å². The Morgan fingerprint density at radius 3 is 2.12 bits per heavy atom. The van der Waals surface area contributed by atoms with E-state index in [1.807, 2.05) is 0 Å². The Balaban J connectivity index is 2.57. The van der Waals surface area contributed by atoms with E-state index in [4.69, 9.17) is 11.6 Å². The molecule has 0 aliphatic carbocycles. The van der Waals surface area contributed by atoms with Crippen molar-refractivity contribution in [3.05, 3.63) is 47.0 Å². The number of benzene rings is 2. The van der Waals surface area contributed by atoms with Gasteiger partial charge < -0.3 is 10.2 Å². The van der Waals surface area contributed by atoms with Gasteiger partial charge in [0.05, 0.1) is 0 Å². The minimum absolute atomic E-state index is 0.0764. The number of aryl methyl sites for hydroxylation is 1. The number of phenols is 2. The lowest BCUT2D eigenvalue weighted by Crippen LogP contribution is -1.82. The Morgan fingerprint density at radius 2 is 1.50 bits per heavy atom. The molecule has 0 atom stereocenters. The van der Waals surface area contributed by atoms with Crippen LogP contribution in [0.1, 0.15) is 5.56 Å². The molecule has 0 aliphatic heterocycles. The van der Waals surface area contributed by atoms with Crippen molar-refractivity contribution >= 4 is 11.6 Å². The molecular weight excluding hydrogens is 224 g/mol. The fraction of sp³-hybridized carbons (Fsp3) is 0.0769. The van der Waals surface area contributed by atoms with Crippen molar-refractivity contribution < 1.29 is 10.2 Å². The average molecular weight is 235 g/mol. The van der Waals surface area contributed by atoms with E-state index in [2.05, 4.69) is 0 Å². The van der Waals surface area contributed by atoms with E-state index in [1.54, 1.807) is 43.3 Å². The van der Waals surface area contributed by atoms with Crippen LogP contribution in [0.3, 0.4) is 0 Å². The maximum absolute atomic E-state index is 9.82. The second-order valence-electron chi connectivity index (χ2n) is 3.63. The molecule has 0 unspecified atom stereocenters. The van der Waals surface area contributed by atoms with Crippen molar-refractivity contribution in [3.63, 3.8) is 0 Å². The fourth-order valence-corrected chi connectivity index (χ4v) is 1.67. The molecule has 0 amide bonds. The molecule has 2 aromatic rings. The number of phenolic OH excluding ortho intramolecular Hbond substituents is 2. The molecule has 2 rings (SSSR count). The van der Waals surface area contributed by atoms with Crippen LogP contribution in [0.5, 0.6) is 11.5 Å². The smallest absolute Gasteiger partial charge is 0.165 e. The number of rotatable bonds is 1. The topological polar surface area (TPSA) is 40.5 Å². The SMILES string of the molecule is Cc1ccc(-c2ccc(Cl)cc2)c(O)c1O. The molecule has 3 heteroatoms. The maximum atomic E-state index is 9.82. The van der Waals surface area contributed by atoms with Crippen molar-refractivity contribution in [3.8, 4) is 22.6 Å². The molecule has 0 fully saturated rings. The molecule has 0 saturated heterocycles. The van der Waals surface area contributed by atoms with E-state index in [-0.39, 0.29) is 11.5 Å². The summed E-state index contributed by atoms with van der Waals surface area (Å²) < 4.78 is 0. The van der Waals surface area contributed by atoms with Gasteiger partial charge in [0.2, 0.25) is 0 Å². The van der Waals surface area contributed by atoms with Crippen LogP contribution in [-0.4, -0.2) is 10.2 Å². The van der Waals surface area contributed by atoms with E-state index < -0.39 is 0 Å². The van der Waals surface area contributed by atoms with Crippen LogP contribution in [0.25, 0.3) is 11.1 Å². The third-order valence-corrected chi connectivity index (χ3v) is 2.76. The lowest BCUT2D eigenvalue weighted by Gasteiger charge is -2.08. The van der Waals surface area contributed by atoms with Gasteiger partial charge in [-0.1, -0.05) is 35.9 Å². The molecule has 0 heterocycles. The Kier molecular flexibility index (Phi) is 2.75. The number of hydrogen-bond acceptors (Lipinski definition) is 2. The predicted molar refractivity (Wildman–Crippen MR) is 65.0 cm³/mol. The number of aromatic hydroxyl groups is 2. The largest absolute Gasteiger partial charge is 0.504 e. The Morgan fingerprint density at radius 1 is 0.875 bits per heavy atom. The summed E-state index contributed by atoms with van der Waals surface area (Å²) in [4.78, 5) is 0. The highest BCUT2D eigenvalue weighted by atomic mass is 35.5. The minimum Gasteiger partial charge on any atom is -0.504 e. The van der Waals surface area contributed by atoms with Gasteiger partial charge in [-0.3, -0.25) is 0 Å². The summed E-state index contributed by atoms with van der Waals surface area (Å²) in [6, 6.07) is 10.6. The van der Waals surface area contributed by atoms with Crippen molar-refractivity contribution in [2.45, 2.75) is 6.92 Å². The molecular formula is C13H11ClO2. The third kappa shape index (κ3) is 1.84. The molecule has 2 aromatic carbocycles. The van der Waals surface area contributed by atoms with Crippen LogP contribution in [-0.2, 0) is 0 Å². The van der Waals surface area contributed by atoms with E-state index in [9.17, 15) is 10.2 Å². The van der Waals surface area contributed by atoms with E-state index in [0.29, 0.717) is 16.1 Å². The van der Waals surface area contributed by atoms with Crippen molar-refractivity contribution in [1.82, 2.24) is 0 Å². The summed E-state index contributed by atoms with van der Waals surface area (Å²) in [5.41, 5.74) is 2.06. The molecule has 0 spiro atoms. The first-order chi connectivity index (χ1) is 7.59. The van der Waals surface area contributed by atoms with Gasteiger partial charge in [0, 0.05) is 10.6 Å². The predicted octanol–water partition coefficient (Wildman–Crippen LogP) is 3.73. The monoisotopic (exact) mass is 234 g/mol. The van der Waals surface area contributed by atoms with Gasteiger partial charge >= 0.3 is 0 Å². The second-order valence-corrected chi connectivity index (χ2v) is 4.07. The molecule has 0 bridgehead atoms. The van der Waals surface area contributed by atoms with Gasteiger partial charge in [0.1, 0.15) is 0 Å². The first kappa shape index (κ1) is 10.8. The van der Waals surface area contributed by atoms with Gasteiger partial charge in [-0.25, -0.2) is 0 Å². The lowest BCUT2D eigenvalue weighted by atomic mass is 10.0. The van der Waals surface area contributed by atoms with Crippen LogP contribution >= 0.6 is 11.6 Å². The highest BCUT2D eigenvalue weighted by Gasteiger charge is 2.10. The number of hydrogen-bond donors (Lipinski definition) is 2. The fourth-order valence-electron chi connectivity index (χ4n) is 1.54. The van der Waals surface area contributed by atoms with E-state index >= 15 is 0 Å². The maximum Gasteiger partial charge on any atom is 0.165 e. The van der Waals surface area contributed by atoms with Crippen LogP contribution in [0.2, 0.25) is 5.02 Å². The van der Waals surface area contributed by atoms with Crippen LogP contribution in [0.15, 0.2) is 36.4 Å². The Bertz CT molecular complexity index is 518. The molecule has 0 aliphatic rings. The summed E-state index contributed by atoms with van der Waals surface area (Å²) in [6.07, 6.45) is 0. The lowest BCUT2D eigenvalue weighted by molar-refractivity contribution is 0.402.